The average molecular weight is 347 g/mol. The lowest BCUT2D eigenvalue weighted by Crippen LogP contribution is -2.28. The maximum Gasteiger partial charge on any atom is 0.106 e. The summed E-state index contributed by atoms with van der Waals surface area (Å²) < 4.78 is 0.889. The molecule has 2 rings (SSSR count). The number of nitrogens with zero attached hydrogens (tertiary/aromatic N) is 1. The van der Waals surface area contributed by atoms with Crippen LogP contribution in [0.2, 0.25) is 0 Å². The Balaban J connectivity index is 2.13. The number of aromatic nitrogens is 1. The van der Waals surface area contributed by atoms with E-state index < -0.39 is 0 Å². The Bertz CT molecular complexity index is 538. The standard InChI is InChI=1S/C18H23BrN2/c1-3-14(4-2)18(15-9-6-5-7-10-15)20-13-16-11-8-12-17(19)21-16/h5-12,14,18,20H,3-4,13H2,1-2H3. The van der Waals surface area contributed by atoms with Gasteiger partial charge in [-0.2, -0.15) is 0 Å². The lowest BCUT2D eigenvalue weighted by Gasteiger charge is -2.27. The predicted octanol–water partition coefficient (Wildman–Crippen LogP) is 5.11. The van der Waals surface area contributed by atoms with Gasteiger partial charge in [0.1, 0.15) is 4.60 Å². The van der Waals surface area contributed by atoms with Crippen molar-refractivity contribution < 1.29 is 0 Å². The van der Waals surface area contributed by atoms with Crippen molar-refractivity contribution in [2.24, 2.45) is 5.92 Å². The van der Waals surface area contributed by atoms with E-state index in [-0.39, 0.29) is 0 Å². The van der Waals surface area contributed by atoms with Gasteiger partial charge in [0.15, 0.2) is 0 Å². The first kappa shape index (κ1) is 16.2. The van der Waals surface area contributed by atoms with Crippen LogP contribution in [0.5, 0.6) is 0 Å². The highest BCUT2D eigenvalue weighted by atomic mass is 79.9. The Morgan fingerprint density at radius 2 is 1.71 bits per heavy atom. The van der Waals surface area contributed by atoms with Crippen molar-refractivity contribution >= 4 is 15.9 Å². The number of pyridine rings is 1. The molecular weight excluding hydrogens is 324 g/mol. The SMILES string of the molecule is CCC(CC)C(NCc1cccc(Br)n1)c1ccccc1. The summed E-state index contributed by atoms with van der Waals surface area (Å²) in [5, 5.41) is 3.70. The molecule has 0 aliphatic carbocycles. The largest absolute Gasteiger partial charge is 0.304 e. The molecule has 1 unspecified atom stereocenters. The van der Waals surface area contributed by atoms with Gasteiger partial charge in [0, 0.05) is 12.6 Å². The topological polar surface area (TPSA) is 24.9 Å². The number of nitrogens with one attached hydrogen (secondary N) is 1. The number of halogens is 1. The molecule has 3 heteroatoms. The van der Waals surface area contributed by atoms with Crippen LogP contribution in [0.25, 0.3) is 0 Å². The molecule has 1 aromatic carbocycles. The molecule has 1 N–H and O–H groups in total. The minimum absolute atomic E-state index is 0.377. The Kier molecular flexibility index (Phi) is 6.40. The van der Waals surface area contributed by atoms with Gasteiger partial charge in [0.25, 0.3) is 0 Å². The predicted molar refractivity (Wildman–Crippen MR) is 92.0 cm³/mol. The van der Waals surface area contributed by atoms with E-state index in [9.17, 15) is 0 Å². The summed E-state index contributed by atoms with van der Waals surface area (Å²) in [5.74, 6) is 0.638. The van der Waals surface area contributed by atoms with Gasteiger partial charge in [-0.1, -0.05) is 63.1 Å². The van der Waals surface area contributed by atoms with Crippen LogP contribution in [0.15, 0.2) is 53.1 Å². The summed E-state index contributed by atoms with van der Waals surface area (Å²) >= 11 is 3.43. The molecule has 0 bridgehead atoms. The maximum atomic E-state index is 4.50. The summed E-state index contributed by atoms with van der Waals surface area (Å²) in [5.41, 5.74) is 2.43. The smallest absolute Gasteiger partial charge is 0.106 e. The molecule has 0 saturated carbocycles. The summed E-state index contributed by atoms with van der Waals surface area (Å²) in [7, 11) is 0. The van der Waals surface area contributed by atoms with Crippen LogP contribution in [0.1, 0.15) is 44.0 Å². The first-order valence-electron chi connectivity index (χ1n) is 7.64. The zero-order chi connectivity index (χ0) is 15.1. The Hall–Kier alpha value is -1.19. The number of hydrogen-bond donors (Lipinski definition) is 1. The van der Waals surface area contributed by atoms with Gasteiger partial charge in [-0.25, -0.2) is 4.98 Å². The third-order valence-electron chi connectivity index (χ3n) is 3.95. The van der Waals surface area contributed by atoms with Crippen LogP contribution in [0, 0.1) is 5.92 Å². The Morgan fingerprint density at radius 1 is 1.00 bits per heavy atom. The fourth-order valence-corrected chi connectivity index (χ4v) is 3.12. The third-order valence-corrected chi connectivity index (χ3v) is 4.40. The van der Waals surface area contributed by atoms with Crippen molar-refractivity contribution in [1.82, 2.24) is 10.3 Å². The van der Waals surface area contributed by atoms with E-state index in [4.69, 9.17) is 0 Å². The van der Waals surface area contributed by atoms with E-state index in [1.807, 2.05) is 12.1 Å². The first-order valence-corrected chi connectivity index (χ1v) is 8.43. The molecule has 21 heavy (non-hydrogen) atoms. The molecule has 0 radical (unpaired) electrons. The second-order valence-corrected chi connectivity index (χ2v) is 6.11. The first-order chi connectivity index (χ1) is 10.2. The molecular formula is C18H23BrN2. The lowest BCUT2D eigenvalue weighted by molar-refractivity contribution is 0.338. The molecule has 1 atom stereocenters. The highest BCUT2D eigenvalue weighted by Gasteiger charge is 2.19. The fourth-order valence-electron chi connectivity index (χ4n) is 2.74. The van der Waals surface area contributed by atoms with Crippen molar-refractivity contribution in [3.05, 3.63) is 64.4 Å². The second kappa shape index (κ2) is 8.30. The molecule has 112 valence electrons. The number of rotatable bonds is 7. The summed E-state index contributed by atoms with van der Waals surface area (Å²) in [4.78, 5) is 4.50. The molecule has 1 heterocycles. The van der Waals surface area contributed by atoms with E-state index in [2.05, 4.69) is 76.5 Å². The Morgan fingerprint density at radius 3 is 2.33 bits per heavy atom. The van der Waals surface area contributed by atoms with E-state index in [0.717, 1.165) is 16.8 Å². The fraction of sp³-hybridized carbons (Fsp3) is 0.389. The Labute approximate surface area is 136 Å². The summed E-state index contributed by atoms with van der Waals surface area (Å²) in [6.07, 6.45) is 2.35. The van der Waals surface area contributed by atoms with Crippen molar-refractivity contribution in [2.75, 3.05) is 0 Å². The quantitative estimate of drug-likeness (QED) is 0.704. The molecule has 1 aromatic heterocycles. The monoisotopic (exact) mass is 346 g/mol. The third kappa shape index (κ3) is 4.65. The van der Waals surface area contributed by atoms with Crippen LogP contribution >= 0.6 is 15.9 Å². The molecule has 0 saturated heterocycles. The number of benzene rings is 1. The van der Waals surface area contributed by atoms with Crippen LogP contribution in [0.3, 0.4) is 0 Å². The zero-order valence-electron chi connectivity index (χ0n) is 12.7. The average Bonchev–Trinajstić information content (AvgIpc) is 2.52. The molecule has 0 aliphatic rings. The second-order valence-electron chi connectivity index (χ2n) is 5.30. The summed E-state index contributed by atoms with van der Waals surface area (Å²) in [6, 6.07) is 17.2. The summed E-state index contributed by atoms with van der Waals surface area (Å²) in [6.45, 7) is 5.32. The number of hydrogen-bond acceptors (Lipinski definition) is 2. The van der Waals surface area contributed by atoms with Gasteiger partial charge in [0.05, 0.1) is 5.69 Å². The zero-order valence-corrected chi connectivity index (χ0v) is 14.3. The molecule has 2 aromatic rings. The van der Waals surface area contributed by atoms with E-state index in [1.54, 1.807) is 0 Å². The van der Waals surface area contributed by atoms with Gasteiger partial charge < -0.3 is 5.32 Å². The van der Waals surface area contributed by atoms with Gasteiger partial charge >= 0.3 is 0 Å². The maximum absolute atomic E-state index is 4.50. The highest BCUT2D eigenvalue weighted by Crippen LogP contribution is 2.27. The highest BCUT2D eigenvalue weighted by molar-refractivity contribution is 9.10. The van der Waals surface area contributed by atoms with Crippen molar-refractivity contribution in [3.63, 3.8) is 0 Å². The lowest BCUT2D eigenvalue weighted by atomic mass is 9.89. The molecule has 0 aliphatic heterocycles. The van der Waals surface area contributed by atoms with Crippen molar-refractivity contribution in [1.29, 1.82) is 0 Å². The molecule has 0 fully saturated rings. The minimum Gasteiger partial charge on any atom is -0.304 e. The van der Waals surface area contributed by atoms with Crippen LogP contribution < -0.4 is 5.32 Å². The normalized spacial score (nSPS) is 12.6. The van der Waals surface area contributed by atoms with Gasteiger partial charge in [0.2, 0.25) is 0 Å². The van der Waals surface area contributed by atoms with Crippen LogP contribution in [-0.2, 0) is 6.54 Å². The van der Waals surface area contributed by atoms with Gasteiger partial charge in [-0.15, -0.1) is 0 Å². The molecule has 0 amide bonds. The van der Waals surface area contributed by atoms with Crippen LogP contribution in [0.4, 0.5) is 0 Å². The van der Waals surface area contributed by atoms with E-state index >= 15 is 0 Å². The van der Waals surface area contributed by atoms with Gasteiger partial charge in [-0.05, 0) is 39.5 Å². The van der Waals surface area contributed by atoms with Gasteiger partial charge in [-0.3, -0.25) is 0 Å². The van der Waals surface area contributed by atoms with Crippen LogP contribution in [-0.4, -0.2) is 4.98 Å². The molecule has 2 nitrogen and oxygen atoms in total. The van der Waals surface area contributed by atoms with Crippen molar-refractivity contribution in [2.45, 2.75) is 39.3 Å². The van der Waals surface area contributed by atoms with E-state index in [1.165, 1.54) is 18.4 Å². The van der Waals surface area contributed by atoms with E-state index in [0.29, 0.717) is 12.0 Å². The van der Waals surface area contributed by atoms with Crippen molar-refractivity contribution in [3.8, 4) is 0 Å². The minimum atomic E-state index is 0.377. The molecule has 0 spiro atoms.